The molecular weight excluding hydrogens is 202 g/mol. The Morgan fingerprint density at radius 3 is 3.00 bits per heavy atom. The predicted molar refractivity (Wildman–Crippen MR) is 61.1 cm³/mol. The molecule has 82 valence electrons. The lowest BCUT2D eigenvalue weighted by Gasteiger charge is -2.13. The summed E-state index contributed by atoms with van der Waals surface area (Å²) < 4.78 is 5.65. The van der Waals surface area contributed by atoms with E-state index in [4.69, 9.17) is 4.74 Å². The molecule has 3 nitrogen and oxygen atoms in total. The van der Waals surface area contributed by atoms with E-state index in [1.165, 1.54) is 0 Å². The molecule has 0 radical (unpaired) electrons. The summed E-state index contributed by atoms with van der Waals surface area (Å²) in [5.41, 5.74) is 1.56. The van der Waals surface area contributed by atoms with Crippen LogP contribution < -0.4 is 4.74 Å². The highest BCUT2D eigenvalue weighted by Crippen LogP contribution is 2.22. The fraction of sp³-hybridized carbons (Fsp3) is 0.231. The molecule has 0 aromatic carbocycles. The van der Waals surface area contributed by atoms with E-state index in [9.17, 15) is 4.79 Å². The highest BCUT2D eigenvalue weighted by atomic mass is 16.5. The summed E-state index contributed by atoms with van der Waals surface area (Å²) in [6, 6.07) is 3.74. The van der Waals surface area contributed by atoms with Crippen LogP contribution in [0.25, 0.3) is 0 Å². The lowest BCUT2D eigenvalue weighted by molar-refractivity contribution is -0.104. The van der Waals surface area contributed by atoms with Crippen LogP contribution in [0.1, 0.15) is 18.5 Å². The molecule has 16 heavy (non-hydrogen) atoms. The van der Waals surface area contributed by atoms with Gasteiger partial charge in [-0.2, -0.15) is 0 Å². The Kier molecular flexibility index (Phi) is 3.15. The molecule has 0 amide bonds. The number of pyridine rings is 1. The standard InChI is InChI=1S/C13H13NO2/c1-10-6-7-12(8-14-10)16-13-5-3-2-4-11(13)9-15/h2,4,6-9H,3,5H2,1H3. The van der Waals surface area contributed by atoms with Crippen LogP contribution in [0.2, 0.25) is 0 Å². The molecule has 0 fully saturated rings. The Bertz CT molecular complexity index is 444. The molecule has 0 N–H and O–H groups in total. The second-order valence-corrected chi connectivity index (χ2v) is 3.67. The van der Waals surface area contributed by atoms with Crippen LogP contribution in [0.3, 0.4) is 0 Å². The van der Waals surface area contributed by atoms with Crippen LogP contribution in [0.15, 0.2) is 41.8 Å². The van der Waals surface area contributed by atoms with Crippen molar-refractivity contribution >= 4 is 6.29 Å². The molecule has 0 atom stereocenters. The normalized spacial score (nSPS) is 15.1. The van der Waals surface area contributed by atoms with E-state index in [1.807, 2.05) is 25.1 Å². The topological polar surface area (TPSA) is 39.2 Å². The molecule has 0 unspecified atom stereocenters. The van der Waals surface area contributed by atoms with Gasteiger partial charge in [0.25, 0.3) is 0 Å². The summed E-state index contributed by atoms with van der Waals surface area (Å²) in [5, 5.41) is 0. The zero-order valence-corrected chi connectivity index (χ0v) is 9.14. The van der Waals surface area contributed by atoms with Crippen molar-refractivity contribution in [3.8, 4) is 5.75 Å². The third-order valence-electron chi connectivity index (χ3n) is 2.41. The Labute approximate surface area is 94.5 Å². The lowest BCUT2D eigenvalue weighted by atomic mass is 10.1. The van der Waals surface area contributed by atoms with Crippen molar-refractivity contribution in [1.29, 1.82) is 0 Å². The molecule has 0 saturated carbocycles. The van der Waals surface area contributed by atoms with Gasteiger partial charge in [-0.05, 0) is 25.5 Å². The van der Waals surface area contributed by atoms with Gasteiger partial charge in [0.2, 0.25) is 0 Å². The summed E-state index contributed by atoms with van der Waals surface area (Å²) in [7, 11) is 0. The number of aldehydes is 1. The number of aryl methyl sites for hydroxylation is 1. The fourth-order valence-corrected chi connectivity index (χ4v) is 1.53. The summed E-state index contributed by atoms with van der Waals surface area (Å²) in [5.74, 6) is 1.40. The number of allylic oxidation sites excluding steroid dienone is 4. The number of rotatable bonds is 3. The number of hydrogen-bond acceptors (Lipinski definition) is 3. The van der Waals surface area contributed by atoms with E-state index in [1.54, 1.807) is 12.3 Å². The minimum Gasteiger partial charge on any atom is -0.459 e. The second kappa shape index (κ2) is 4.75. The van der Waals surface area contributed by atoms with Gasteiger partial charge in [-0.25, -0.2) is 0 Å². The highest BCUT2D eigenvalue weighted by Gasteiger charge is 2.10. The molecule has 1 aromatic heterocycles. The van der Waals surface area contributed by atoms with E-state index in [2.05, 4.69) is 4.98 Å². The maximum atomic E-state index is 10.8. The summed E-state index contributed by atoms with van der Waals surface area (Å²) in [6.45, 7) is 1.92. The van der Waals surface area contributed by atoms with Crippen molar-refractivity contribution in [2.24, 2.45) is 0 Å². The zero-order chi connectivity index (χ0) is 11.4. The minimum atomic E-state index is 0.617. The van der Waals surface area contributed by atoms with Gasteiger partial charge >= 0.3 is 0 Å². The van der Waals surface area contributed by atoms with Crippen molar-refractivity contribution in [3.05, 3.63) is 47.5 Å². The van der Waals surface area contributed by atoms with E-state index in [-0.39, 0.29) is 0 Å². The van der Waals surface area contributed by atoms with Crippen molar-refractivity contribution in [1.82, 2.24) is 4.98 Å². The molecule has 1 heterocycles. The molecule has 3 heteroatoms. The number of carbonyl (C=O) groups is 1. The van der Waals surface area contributed by atoms with Gasteiger partial charge in [-0.1, -0.05) is 12.2 Å². The summed E-state index contributed by atoms with van der Waals surface area (Å²) in [4.78, 5) is 15.0. The summed E-state index contributed by atoms with van der Waals surface area (Å²) >= 11 is 0. The second-order valence-electron chi connectivity index (χ2n) is 3.67. The highest BCUT2D eigenvalue weighted by molar-refractivity contribution is 5.78. The van der Waals surface area contributed by atoms with Crippen LogP contribution in [-0.4, -0.2) is 11.3 Å². The van der Waals surface area contributed by atoms with Gasteiger partial charge in [0.1, 0.15) is 11.5 Å². The molecule has 2 rings (SSSR count). The molecule has 0 saturated heterocycles. The average Bonchev–Trinajstić information content (AvgIpc) is 2.33. The number of carbonyl (C=O) groups excluding carboxylic acids is 1. The van der Waals surface area contributed by atoms with Crippen LogP contribution in [0.4, 0.5) is 0 Å². The van der Waals surface area contributed by atoms with E-state index >= 15 is 0 Å². The first-order valence-electron chi connectivity index (χ1n) is 5.25. The van der Waals surface area contributed by atoms with Gasteiger partial charge in [0.15, 0.2) is 6.29 Å². The minimum absolute atomic E-state index is 0.617. The van der Waals surface area contributed by atoms with Gasteiger partial charge in [0.05, 0.1) is 11.8 Å². The lowest BCUT2D eigenvalue weighted by Crippen LogP contribution is -2.03. The van der Waals surface area contributed by atoms with Crippen LogP contribution in [0.5, 0.6) is 5.75 Å². The fourth-order valence-electron chi connectivity index (χ4n) is 1.53. The van der Waals surface area contributed by atoms with Gasteiger partial charge < -0.3 is 4.74 Å². The first kappa shape index (κ1) is 10.6. The monoisotopic (exact) mass is 215 g/mol. The maximum Gasteiger partial charge on any atom is 0.153 e. The molecule has 1 aliphatic carbocycles. The first-order chi connectivity index (χ1) is 7.79. The zero-order valence-electron chi connectivity index (χ0n) is 9.14. The first-order valence-corrected chi connectivity index (χ1v) is 5.25. The van der Waals surface area contributed by atoms with Gasteiger partial charge in [-0.3, -0.25) is 9.78 Å². The van der Waals surface area contributed by atoms with Crippen molar-refractivity contribution in [3.63, 3.8) is 0 Å². The van der Waals surface area contributed by atoms with Crippen LogP contribution >= 0.6 is 0 Å². The number of hydrogen-bond donors (Lipinski definition) is 0. The Morgan fingerprint density at radius 2 is 2.31 bits per heavy atom. The predicted octanol–water partition coefficient (Wildman–Crippen LogP) is 2.57. The van der Waals surface area contributed by atoms with Crippen LogP contribution in [0, 0.1) is 6.92 Å². The molecule has 0 spiro atoms. The van der Waals surface area contributed by atoms with E-state index < -0.39 is 0 Å². The quantitative estimate of drug-likeness (QED) is 0.727. The molecule has 1 aliphatic rings. The Hall–Kier alpha value is -1.90. The summed E-state index contributed by atoms with van der Waals surface area (Å²) in [6.07, 6.45) is 7.94. The average molecular weight is 215 g/mol. The third kappa shape index (κ3) is 2.37. The Morgan fingerprint density at radius 1 is 1.44 bits per heavy atom. The van der Waals surface area contributed by atoms with E-state index in [0.29, 0.717) is 11.3 Å². The van der Waals surface area contributed by atoms with Crippen molar-refractivity contribution < 1.29 is 9.53 Å². The van der Waals surface area contributed by atoms with Crippen molar-refractivity contribution in [2.45, 2.75) is 19.8 Å². The van der Waals surface area contributed by atoms with E-state index in [0.717, 1.165) is 30.6 Å². The number of nitrogens with zero attached hydrogens (tertiary/aromatic N) is 1. The Balaban J connectivity index is 2.20. The molecule has 1 aromatic rings. The molecule has 0 aliphatic heterocycles. The van der Waals surface area contributed by atoms with Gasteiger partial charge in [-0.15, -0.1) is 0 Å². The van der Waals surface area contributed by atoms with Gasteiger partial charge in [0, 0.05) is 12.1 Å². The van der Waals surface area contributed by atoms with Crippen LogP contribution in [-0.2, 0) is 4.79 Å². The van der Waals surface area contributed by atoms with Crippen molar-refractivity contribution in [2.75, 3.05) is 0 Å². The molecular formula is C13H13NO2. The SMILES string of the molecule is Cc1ccc(OC2=C(C=O)C=CCC2)cn1. The maximum absolute atomic E-state index is 10.8. The molecule has 0 bridgehead atoms. The number of ether oxygens (including phenoxy) is 1. The largest absolute Gasteiger partial charge is 0.459 e. The third-order valence-corrected chi connectivity index (χ3v) is 2.41. The number of aromatic nitrogens is 1. The smallest absolute Gasteiger partial charge is 0.153 e.